The van der Waals surface area contributed by atoms with E-state index in [4.69, 9.17) is 4.74 Å². The van der Waals surface area contributed by atoms with Crippen LogP contribution in [-0.4, -0.2) is 48.1 Å². The van der Waals surface area contributed by atoms with Gasteiger partial charge in [0.05, 0.1) is 11.8 Å². The number of aryl methyl sites for hydroxylation is 3. The van der Waals surface area contributed by atoms with Crippen molar-refractivity contribution in [1.29, 1.82) is 0 Å². The van der Waals surface area contributed by atoms with Crippen molar-refractivity contribution in [3.8, 4) is 0 Å². The molecule has 1 saturated heterocycles. The van der Waals surface area contributed by atoms with Gasteiger partial charge >= 0.3 is 0 Å². The summed E-state index contributed by atoms with van der Waals surface area (Å²) in [7, 11) is 0. The number of hydrogen-bond acceptors (Lipinski definition) is 3. The van der Waals surface area contributed by atoms with Gasteiger partial charge < -0.3 is 15.4 Å². The second-order valence-corrected chi connectivity index (χ2v) is 6.11. The van der Waals surface area contributed by atoms with E-state index in [9.17, 15) is 0 Å². The van der Waals surface area contributed by atoms with Crippen molar-refractivity contribution in [2.75, 3.05) is 26.2 Å². The van der Waals surface area contributed by atoms with Crippen molar-refractivity contribution in [1.82, 2.24) is 20.4 Å². The zero-order valence-corrected chi connectivity index (χ0v) is 17.5. The molecule has 2 rings (SSSR count). The zero-order valence-electron chi connectivity index (χ0n) is 15.2. The molecule has 0 spiro atoms. The Hall–Kier alpha value is -0.830. The fourth-order valence-corrected chi connectivity index (χ4v) is 2.88. The first-order valence-electron chi connectivity index (χ1n) is 8.84. The largest absolute Gasteiger partial charge is 0.378 e. The van der Waals surface area contributed by atoms with Gasteiger partial charge in [-0.2, -0.15) is 5.10 Å². The van der Waals surface area contributed by atoms with Crippen LogP contribution in [0.15, 0.2) is 11.1 Å². The van der Waals surface area contributed by atoms with Crippen molar-refractivity contribution in [3.05, 3.63) is 17.5 Å². The molecule has 1 aliphatic heterocycles. The van der Waals surface area contributed by atoms with E-state index in [1.54, 1.807) is 0 Å². The maximum Gasteiger partial charge on any atom is 0.191 e. The van der Waals surface area contributed by atoms with Crippen LogP contribution in [0.1, 0.15) is 44.0 Å². The molecule has 1 atom stereocenters. The summed E-state index contributed by atoms with van der Waals surface area (Å²) in [4.78, 5) is 4.64. The quantitative estimate of drug-likeness (QED) is 0.277. The van der Waals surface area contributed by atoms with Crippen molar-refractivity contribution < 1.29 is 4.74 Å². The van der Waals surface area contributed by atoms with Crippen LogP contribution in [0, 0.1) is 13.8 Å². The van der Waals surface area contributed by atoms with Gasteiger partial charge in [-0.05, 0) is 52.5 Å². The third kappa shape index (κ3) is 7.38. The lowest BCUT2D eigenvalue weighted by molar-refractivity contribution is 0.105. The van der Waals surface area contributed by atoms with E-state index in [0.29, 0.717) is 6.10 Å². The molecular formula is C17H32IN5O. The Bertz CT molecular complexity index is 497. The maximum absolute atomic E-state index is 5.65. The Morgan fingerprint density at radius 3 is 2.88 bits per heavy atom. The summed E-state index contributed by atoms with van der Waals surface area (Å²) in [5.41, 5.74) is 2.29. The van der Waals surface area contributed by atoms with Crippen molar-refractivity contribution >= 4 is 29.9 Å². The van der Waals surface area contributed by atoms with E-state index in [-0.39, 0.29) is 24.0 Å². The van der Waals surface area contributed by atoms with Crippen LogP contribution < -0.4 is 10.6 Å². The average molecular weight is 449 g/mol. The van der Waals surface area contributed by atoms with Gasteiger partial charge in [-0.15, -0.1) is 24.0 Å². The number of ether oxygens (including phenoxy) is 1. The van der Waals surface area contributed by atoms with Gasteiger partial charge in [0.25, 0.3) is 0 Å². The third-order valence-electron chi connectivity index (χ3n) is 4.03. The molecule has 2 heterocycles. The Balaban J connectivity index is 0.00000288. The highest BCUT2D eigenvalue weighted by atomic mass is 127. The predicted molar refractivity (Wildman–Crippen MR) is 109 cm³/mol. The van der Waals surface area contributed by atoms with Gasteiger partial charge in [0.15, 0.2) is 5.96 Å². The minimum absolute atomic E-state index is 0. The molecule has 0 bridgehead atoms. The minimum atomic E-state index is 0. The third-order valence-corrected chi connectivity index (χ3v) is 4.03. The number of guanidine groups is 1. The van der Waals surface area contributed by atoms with Gasteiger partial charge in [0.1, 0.15) is 0 Å². The number of aliphatic imine (C=N–C) groups is 1. The molecule has 0 aromatic carbocycles. The van der Waals surface area contributed by atoms with Crippen LogP contribution in [0.5, 0.6) is 0 Å². The molecule has 24 heavy (non-hydrogen) atoms. The summed E-state index contributed by atoms with van der Waals surface area (Å²) < 4.78 is 7.70. The first kappa shape index (κ1) is 21.2. The van der Waals surface area contributed by atoms with Crippen molar-refractivity contribution in [3.63, 3.8) is 0 Å². The van der Waals surface area contributed by atoms with E-state index in [0.717, 1.165) is 57.3 Å². The molecule has 0 saturated carbocycles. The average Bonchev–Trinajstić information content (AvgIpc) is 3.13. The van der Waals surface area contributed by atoms with Crippen molar-refractivity contribution in [2.24, 2.45) is 4.99 Å². The molecule has 0 aliphatic carbocycles. The monoisotopic (exact) mass is 449 g/mol. The van der Waals surface area contributed by atoms with E-state index < -0.39 is 0 Å². The number of hydrogen-bond donors (Lipinski definition) is 2. The Kier molecular flexibility index (Phi) is 10.3. The molecular weight excluding hydrogens is 417 g/mol. The first-order chi connectivity index (χ1) is 11.2. The van der Waals surface area contributed by atoms with Crippen LogP contribution in [-0.2, 0) is 11.3 Å². The lowest BCUT2D eigenvalue weighted by atomic mass is 10.2. The number of rotatable bonds is 8. The second-order valence-electron chi connectivity index (χ2n) is 6.11. The zero-order chi connectivity index (χ0) is 16.5. The lowest BCUT2D eigenvalue weighted by Gasteiger charge is -2.13. The van der Waals surface area contributed by atoms with Gasteiger partial charge in [0.2, 0.25) is 0 Å². The van der Waals surface area contributed by atoms with E-state index in [2.05, 4.69) is 45.3 Å². The minimum Gasteiger partial charge on any atom is -0.378 e. The van der Waals surface area contributed by atoms with Crippen LogP contribution in [0.4, 0.5) is 0 Å². The van der Waals surface area contributed by atoms with E-state index >= 15 is 0 Å². The second kappa shape index (κ2) is 11.7. The molecule has 0 amide bonds. The standard InChI is InChI=1S/C17H31N5O.HI/c1-4-18-17(20-10-8-16-7-5-12-23-16)19-9-6-11-22-15(3)13-14(2)21-22;/h13,16H,4-12H2,1-3H3,(H2,18,19,20);1H. The molecule has 1 aliphatic rings. The predicted octanol–water partition coefficient (Wildman–Crippen LogP) is 2.63. The Morgan fingerprint density at radius 2 is 2.25 bits per heavy atom. The van der Waals surface area contributed by atoms with Crippen LogP contribution in [0.2, 0.25) is 0 Å². The highest BCUT2D eigenvalue weighted by Gasteiger charge is 2.14. The molecule has 0 radical (unpaired) electrons. The van der Waals surface area contributed by atoms with Gasteiger partial charge in [-0.3, -0.25) is 9.67 Å². The van der Waals surface area contributed by atoms with Gasteiger partial charge in [0, 0.05) is 38.5 Å². The number of nitrogens with zero attached hydrogens (tertiary/aromatic N) is 3. The van der Waals surface area contributed by atoms with Crippen molar-refractivity contribution in [2.45, 2.75) is 59.1 Å². The van der Waals surface area contributed by atoms with E-state index in [1.165, 1.54) is 18.5 Å². The fraction of sp³-hybridized carbons (Fsp3) is 0.765. The molecule has 138 valence electrons. The molecule has 1 aromatic rings. The number of aromatic nitrogens is 2. The number of halogens is 1. The summed E-state index contributed by atoms with van der Waals surface area (Å²) in [5, 5.41) is 11.2. The summed E-state index contributed by atoms with van der Waals surface area (Å²) in [6.07, 6.45) is 4.86. The van der Waals surface area contributed by atoms with Crippen LogP contribution in [0.3, 0.4) is 0 Å². The lowest BCUT2D eigenvalue weighted by Crippen LogP contribution is -2.38. The normalized spacial score (nSPS) is 17.6. The summed E-state index contributed by atoms with van der Waals surface area (Å²) in [5.74, 6) is 0.902. The first-order valence-corrected chi connectivity index (χ1v) is 8.84. The number of nitrogens with one attached hydrogen (secondary N) is 2. The van der Waals surface area contributed by atoms with Gasteiger partial charge in [-0.25, -0.2) is 0 Å². The molecule has 2 N–H and O–H groups in total. The van der Waals surface area contributed by atoms with Gasteiger partial charge in [-0.1, -0.05) is 0 Å². The SMILES string of the molecule is CCNC(=NCCCn1nc(C)cc1C)NCCC1CCCO1.I. The van der Waals surface area contributed by atoms with E-state index in [1.807, 2.05) is 6.92 Å². The molecule has 7 heteroatoms. The van der Waals surface area contributed by atoms with Crippen LogP contribution >= 0.6 is 24.0 Å². The summed E-state index contributed by atoms with van der Waals surface area (Å²) in [6.45, 7) is 10.6. The maximum atomic E-state index is 5.65. The Morgan fingerprint density at radius 1 is 1.42 bits per heavy atom. The highest BCUT2D eigenvalue weighted by molar-refractivity contribution is 14.0. The molecule has 1 fully saturated rings. The molecule has 1 aromatic heterocycles. The highest BCUT2D eigenvalue weighted by Crippen LogP contribution is 2.14. The topological polar surface area (TPSA) is 63.5 Å². The molecule has 1 unspecified atom stereocenters. The summed E-state index contributed by atoms with van der Waals surface area (Å²) in [6, 6.07) is 2.11. The molecule has 6 nitrogen and oxygen atoms in total. The summed E-state index contributed by atoms with van der Waals surface area (Å²) >= 11 is 0. The van der Waals surface area contributed by atoms with Crippen LogP contribution in [0.25, 0.3) is 0 Å². The smallest absolute Gasteiger partial charge is 0.191 e. The fourth-order valence-electron chi connectivity index (χ4n) is 2.88. The Labute approximate surface area is 162 Å².